The Morgan fingerprint density at radius 2 is 1.81 bits per heavy atom. The van der Waals surface area contributed by atoms with Gasteiger partial charge in [0.25, 0.3) is 5.91 Å². The lowest BCUT2D eigenvalue weighted by Gasteiger charge is -2.11. The van der Waals surface area contributed by atoms with Gasteiger partial charge >= 0.3 is 0 Å². The standard InChI is InChI=1S/C24H22BrN3O4/c1-16(29)27-21-5-3-4-19(13-21)24(30)28-26-14-18-8-11-22(23(12-18)31-2)32-15-17-6-9-20(25)10-7-17/h3-14H,15H2,1-2H3,(H,27,29)(H,28,30). The van der Waals surface area contributed by atoms with Crippen LogP contribution in [0.2, 0.25) is 0 Å². The second kappa shape index (κ2) is 11.1. The highest BCUT2D eigenvalue weighted by Gasteiger charge is 2.08. The fraction of sp³-hybridized carbons (Fsp3) is 0.125. The third kappa shape index (κ3) is 6.68. The van der Waals surface area contributed by atoms with E-state index in [-0.39, 0.29) is 5.91 Å². The summed E-state index contributed by atoms with van der Waals surface area (Å²) in [6.45, 7) is 1.81. The van der Waals surface area contributed by atoms with Gasteiger partial charge < -0.3 is 14.8 Å². The second-order valence-corrected chi connectivity index (χ2v) is 7.70. The average Bonchev–Trinajstić information content (AvgIpc) is 2.78. The van der Waals surface area contributed by atoms with Crippen LogP contribution in [0.3, 0.4) is 0 Å². The molecular formula is C24H22BrN3O4. The van der Waals surface area contributed by atoms with E-state index in [0.717, 1.165) is 15.6 Å². The van der Waals surface area contributed by atoms with E-state index in [1.54, 1.807) is 43.5 Å². The van der Waals surface area contributed by atoms with E-state index in [9.17, 15) is 9.59 Å². The predicted octanol–water partition coefficient (Wildman–Crippen LogP) is 4.76. The van der Waals surface area contributed by atoms with Gasteiger partial charge in [0.1, 0.15) is 6.61 Å². The van der Waals surface area contributed by atoms with Crippen LogP contribution in [0.4, 0.5) is 5.69 Å². The molecule has 3 rings (SSSR count). The first-order valence-corrected chi connectivity index (χ1v) is 10.5. The maximum absolute atomic E-state index is 12.3. The smallest absolute Gasteiger partial charge is 0.271 e. The molecule has 0 atom stereocenters. The van der Waals surface area contributed by atoms with Crippen LogP contribution in [0.25, 0.3) is 0 Å². The van der Waals surface area contributed by atoms with Crippen molar-refractivity contribution in [2.75, 3.05) is 12.4 Å². The lowest BCUT2D eigenvalue weighted by Crippen LogP contribution is -2.18. The zero-order valence-corrected chi connectivity index (χ0v) is 19.2. The molecule has 0 heterocycles. The Morgan fingerprint density at radius 3 is 2.53 bits per heavy atom. The molecule has 0 spiro atoms. The molecule has 2 N–H and O–H groups in total. The maximum Gasteiger partial charge on any atom is 0.271 e. The Labute approximate surface area is 194 Å². The third-order valence-corrected chi connectivity index (χ3v) is 4.85. The lowest BCUT2D eigenvalue weighted by atomic mass is 10.2. The topological polar surface area (TPSA) is 89.0 Å². The van der Waals surface area contributed by atoms with E-state index in [2.05, 4.69) is 31.8 Å². The molecule has 0 bridgehead atoms. The molecule has 0 fully saturated rings. The summed E-state index contributed by atoms with van der Waals surface area (Å²) in [5, 5.41) is 6.64. The number of carbonyl (C=O) groups is 2. The van der Waals surface area contributed by atoms with Crippen molar-refractivity contribution >= 4 is 39.6 Å². The van der Waals surface area contributed by atoms with Crippen molar-refractivity contribution in [3.63, 3.8) is 0 Å². The number of amides is 2. The first kappa shape index (κ1) is 23.0. The summed E-state index contributed by atoms with van der Waals surface area (Å²) in [6, 6.07) is 19.8. The van der Waals surface area contributed by atoms with E-state index >= 15 is 0 Å². The quantitative estimate of drug-likeness (QED) is 0.348. The SMILES string of the molecule is COc1cc(C=NNC(=O)c2cccc(NC(C)=O)c2)ccc1OCc1ccc(Br)cc1. The molecular weight excluding hydrogens is 474 g/mol. The van der Waals surface area contributed by atoms with Gasteiger partial charge in [-0.15, -0.1) is 0 Å². The molecule has 0 aliphatic rings. The molecule has 0 aromatic heterocycles. The van der Waals surface area contributed by atoms with Crippen LogP contribution < -0.4 is 20.2 Å². The summed E-state index contributed by atoms with van der Waals surface area (Å²) in [7, 11) is 1.56. The van der Waals surface area contributed by atoms with Crippen LogP contribution in [0.15, 0.2) is 76.3 Å². The number of nitrogens with zero attached hydrogens (tertiary/aromatic N) is 1. The van der Waals surface area contributed by atoms with Gasteiger partial charge in [0.15, 0.2) is 11.5 Å². The molecule has 7 nitrogen and oxygen atoms in total. The Bertz CT molecular complexity index is 1130. The number of hydrogen-bond acceptors (Lipinski definition) is 5. The van der Waals surface area contributed by atoms with Gasteiger partial charge in [0, 0.05) is 22.6 Å². The number of rotatable bonds is 8. The lowest BCUT2D eigenvalue weighted by molar-refractivity contribution is -0.114. The van der Waals surface area contributed by atoms with Gasteiger partial charge in [-0.1, -0.05) is 34.1 Å². The molecule has 0 unspecified atom stereocenters. The average molecular weight is 496 g/mol. The first-order valence-electron chi connectivity index (χ1n) is 9.71. The van der Waals surface area contributed by atoms with Crippen molar-refractivity contribution in [2.45, 2.75) is 13.5 Å². The highest BCUT2D eigenvalue weighted by Crippen LogP contribution is 2.28. The van der Waals surface area contributed by atoms with Crippen molar-refractivity contribution in [3.05, 3.63) is 87.9 Å². The van der Waals surface area contributed by atoms with Crippen LogP contribution in [-0.2, 0) is 11.4 Å². The summed E-state index contributed by atoms with van der Waals surface area (Å²) in [5.41, 5.74) is 5.15. The normalized spacial score (nSPS) is 10.6. The molecule has 8 heteroatoms. The van der Waals surface area contributed by atoms with E-state index < -0.39 is 5.91 Å². The molecule has 0 aliphatic heterocycles. The van der Waals surface area contributed by atoms with Crippen molar-refractivity contribution in [1.29, 1.82) is 0 Å². The zero-order chi connectivity index (χ0) is 22.9. The van der Waals surface area contributed by atoms with Gasteiger partial charge in [-0.05, 0) is 59.7 Å². The molecule has 2 amide bonds. The van der Waals surface area contributed by atoms with Gasteiger partial charge in [0.05, 0.1) is 13.3 Å². The number of hydrazone groups is 1. The van der Waals surface area contributed by atoms with E-state index in [1.807, 2.05) is 30.3 Å². The second-order valence-electron chi connectivity index (χ2n) is 6.79. The molecule has 3 aromatic rings. The largest absolute Gasteiger partial charge is 0.493 e. The van der Waals surface area contributed by atoms with E-state index in [0.29, 0.717) is 29.4 Å². The minimum absolute atomic E-state index is 0.209. The van der Waals surface area contributed by atoms with Crippen LogP contribution >= 0.6 is 15.9 Å². The summed E-state index contributed by atoms with van der Waals surface area (Å²) >= 11 is 3.41. The van der Waals surface area contributed by atoms with Gasteiger partial charge in [0.2, 0.25) is 5.91 Å². The van der Waals surface area contributed by atoms with Crippen molar-refractivity contribution in [2.24, 2.45) is 5.10 Å². The Morgan fingerprint density at radius 1 is 1.03 bits per heavy atom. The molecule has 0 saturated carbocycles. The summed E-state index contributed by atoms with van der Waals surface area (Å²) in [6.07, 6.45) is 1.51. The minimum Gasteiger partial charge on any atom is -0.493 e. The molecule has 32 heavy (non-hydrogen) atoms. The maximum atomic E-state index is 12.3. The molecule has 3 aromatic carbocycles. The van der Waals surface area contributed by atoms with Gasteiger partial charge in [-0.25, -0.2) is 5.43 Å². The van der Waals surface area contributed by atoms with Crippen LogP contribution in [0.1, 0.15) is 28.4 Å². The highest BCUT2D eigenvalue weighted by molar-refractivity contribution is 9.10. The summed E-state index contributed by atoms with van der Waals surface area (Å²) in [5.74, 6) is 0.556. The fourth-order valence-corrected chi connectivity index (χ4v) is 3.06. The molecule has 164 valence electrons. The minimum atomic E-state index is -0.394. The molecule has 0 aliphatic carbocycles. The van der Waals surface area contributed by atoms with Crippen LogP contribution in [0.5, 0.6) is 11.5 Å². The van der Waals surface area contributed by atoms with Crippen molar-refractivity contribution in [1.82, 2.24) is 5.43 Å². The predicted molar refractivity (Wildman–Crippen MR) is 127 cm³/mol. The molecule has 0 saturated heterocycles. The fourth-order valence-electron chi connectivity index (χ4n) is 2.80. The summed E-state index contributed by atoms with van der Waals surface area (Å²) in [4.78, 5) is 23.5. The van der Waals surface area contributed by atoms with E-state index in [4.69, 9.17) is 9.47 Å². The van der Waals surface area contributed by atoms with E-state index in [1.165, 1.54) is 13.1 Å². The van der Waals surface area contributed by atoms with Gasteiger partial charge in [-0.3, -0.25) is 9.59 Å². The Hall–Kier alpha value is -3.65. The first-order chi connectivity index (χ1) is 15.4. The number of methoxy groups -OCH3 is 1. The Balaban J connectivity index is 1.61. The van der Waals surface area contributed by atoms with Crippen LogP contribution in [0, 0.1) is 0 Å². The van der Waals surface area contributed by atoms with Crippen molar-refractivity contribution in [3.8, 4) is 11.5 Å². The number of hydrogen-bond donors (Lipinski definition) is 2. The number of benzene rings is 3. The van der Waals surface area contributed by atoms with Crippen LogP contribution in [-0.4, -0.2) is 25.1 Å². The number of anilines is 1. The number of ether oxygens (including phenoxy) is 2. The number of carbonyl (C=O) groups excluding carboxylic acids is 2. The number of halogens is 1. The Kier molecular flexibility index (Phi) is 7.99. The van der Waals surface area contributed by atoms with Gasteiger partial charge in [-0.2, -0.15) is 5.10 Å². The van der Waals surface area contributed by atoms with Crippen molar-refractivity contribution < 1.29 is 19.1 Å². The molecule has 0 radical (unpaired) electrons. The third-order valence-electron chi connectivity index (χ3n) is 4.32. The number of nitrogens with one attached hydrogen (secondary N) is 2. The zero-order valence-electron chi connectivity index (χ0n) is 17.6. The summed E-state index contributed by atoms with van der Waals surface area (Å²) < 4.78 is 12.3. The highest BCUT2D eigenvalue weighted by atomic mass is 79.9. The monoisotopic (exact) mass is 495 g/mol.